The number of fused-ring (bicyclic) bond motifs is 7. The fourth-order valence-corrected chi connectivity index (χ4v) is 10.7. The molecule has 1 aromatic heterocycles. The molecule has 7 heterocycles. The normalized spacial score (nSPS) is 37.4. The summed E-state index contributed by atoms with van der Waals surface area (Å²) in [5.41, 5.74) is 1.83. The second kappa shape index (κ2) is 12.2. The van der Waals surface area contributed by atoms with E-state index in [1.165, 1.54) is 14.2 Å². The molecule has 266 valence electrons. The molecule has 11 nitrogen and oxygen atoms in total. The number of nitrogens with zero attached hydrogens (tertiary/aromatic N) is 3. The van der Waals surface area contributed by atoms with Gasteiger partial charge in [0.2, 0.25) is 5.60 Å². The van der Waals surface area contributed by atoms with Crippen molar-refractivity contribution in [1.29, 1.82) is 0 Å². The third-order valence-corrected chi connectivity index (χ3v) is 13.0. The number of aliphatic hydroxyl groups excluding tert-OH is 2. The molecule has 11 atom stereocenters. The first-order chi connectivity index (χ1) is 24.1. The van der Waals surface area contributed by atoms with Gasteiger partial charge in [-0.25, -0.2) is 4.79 Å². The first-order valence-electron chi connectivity index (χ1n) is 18.0. The van der Waals surface area contributed by atoms with Crippen LogP contribution in [-0.4, -0.2) is 120 Å². The van der Waals surface area contributed by atoms with E-state index in [4.69, 9.17) is 9.47 Å². The van der Waals surface area contributed by atoms with Crippen LogP contribution in [0, 0.1) is 17.8 Å². The molecule has 9 rings (SSSR count). The summed E-state index contributed by atoms with van der Waals surface area (Å²) in [7, 11) is 4.53. The van der Waals surface area contributed by atoms with Crippen LogP contribution in [0.15, 0.2) is 54.6 Å². The van der Waals surface area contributed by atoms with E-state index < -0.39 is 47.2 Å². The van der Waals surface area contributed by atoms with E-state index >= 15 is 0 Å². The third-order valence-electron chi connectivity index (χ3n) is 13.0. The Morgan fingerprint density at radius 2 is 1.82 bits per heavy atom. The number of rotatable bonds is 4. The minimum atomic E-state index is -2.17. The number of hydrogen-bond acceptors (Lipinski definition) is 10. The lowest BCUT2D eigenvalue weighted by Crippen LogP contribution is -2.69. The predicted molar refractivity (Wildman–Crippen MR) is 188 cm³/mol. The Kier molecular flexibility index (Phi) is 8.15. The molecule has 0 amide bonds. The number of H-pyrrole nitrogens is 1. The molecule has 0 aliphatic carbocycles. The van der Waals surface area contributed by atoms with E-state index in [0.717, 1.165) is 45.5 Å². The van der Waals surface area contributed by atoms with Gasteiger partial charge in [0.05, 0.1) is 26.4 Å². The average molecular weight is 685 g/mol. The van der Waals surface area contributed by atoms with Crippen LogP contribution in [0.4, 0.5) is 5.69 Å². The van der Waals surface area contributed by atoms with Crippen molar-refractivity contribution in [3.05, 3.63) is 77.0 Å². The minimum Gasteiger partial charge on any atom is -0.468 e. The van der Waals surface area contributed by atoms with E-state index in [2.05, 4.69) is 33.8 Å². The van der Waals surface area contributed by atoms with Crippen LogP contribution < -0.4 is 4.90 Å². The lowest BCUT2D eigenvalue weighted by molar-refractivity contribution is -0.189. The molecule has 2 fully saturated rings. The number of nitrogens with one attached hydrogen (secondary N) is 1. The number of carbonyl (C=O) groups excluding carboxylic acids is 2. The molecular formula is C39H48N4O7. The molecule has 0 radical (unpaired) electrons. The maximum Gasteiger partial charge on any atom is 0.342 e. The zero-order chi connectivity index (χ0) is 35.1. The highest BCUT2D eigenvalue weighted by molar-refractivity contribution is 5.94. The summed E-state index contributed by atoms with van der Waals surface area (Å²) < 4.78 is 11.0. The van der Waals surface area contributed by atoms with Crippen molar-refractivity contribution < 1.29 is 34.4 Å². The molecule has 3 aromatic rings. The summed E-state index contributed by atoms with van der Waals surface area (Å²) in [6.45, 7) is 5.22. The molecule has 11 heteroatoms. The van der Waals surface area contributed by atoms with Crippen molar-refractivity contribution in [2.24, 2.45) is 17.8 Å². The second-order valence-corrected chi connectivity index (χ2v) is 15.0. The molecule has 11 unspecified atom stereocenters. The zero-order valence-electron chi connectivity index (χ0n) is 29.2. The summed E-state index contributed by atoms with van der Waals surface area (Å²) >= 11 is 0. The van der Waals surface area contributed by atoms with Gasteiger partial charge < -0.3 is 39.6 Å². The maximum absolute atomic E-state index is 15.0. The highest BCUT2D eigenvalue weighted by Crippen LogP contribution is 2.54. The number of aliphatic hydroxyl groups is 3. The number of hydrogen-bond donors (Lipinski definition) is 4. The van der Waals surface area contributed by atoms with Crippen LogP contribution in [0.3, 0.4) is 0 Å². The number of aromatic nitrogens is 1. The number of aromatic amines is 1. The molecule has 2 saturated heterocycles. The summed E-state index contributed by atoms with van der Waals surface area (Å²) in [5.74, 6) is -2.39. The van der Waals surface area contributed by atoms with Gasteiger partial charge in [-0.15, -0.1) is 0 Å². The number of para-hydroxylation sites is 1. The Morgan fingerprint density at radius 3 is 2.58 bits per heavy atom. The van der Waals surface area contributed by atoms with E-state index in [-0.39, 0.29) is 17.8 Å². The van der Waals surface area contributed by atoms with Crippen molar-refractivity contribution in [3.63, 3.8) is 0 Å². The van der Waals surface area contributed by atoms with E-state index in [1.807, 2.05) is 54.4 Å². The van der Waals surface area contributed by atoms with Crippen LogP contribution in [0.2, 0.25) is 0 Å². The van der Waals surface area contributed by atoms with Crippen LogP contribution in [-0.2, 0) is 30.9 Å². The highest BCUT2D eigenvalue weighted by atomic mass is 16.5. The summed E-state index contributed by atoms with van der Waals surface area (Å²) in [6.07, 6.45) is 3.64. The quantitative estimate of drug-likeness (QED) is 0.240. The predicted octanol–water partition coefficient (Wildman–Crippen LogP) is 2.52. The maximum atomic E-state index is 15.0. The molecule has 6 aliphatic heterocycles. The Morgan fingerprint density at radius 1 is 1.04 bits per heavy atom. The van der Waals surface area contributed by atoms with Gasteiger partial charge in [-0.2, -0.15) is 0 Å². The van der Waals surface area contributed by atoms with Gasteiger partial charge in [-0.1, -0.05) is 55.8 Å². The SMILES string of the molecule is CCC1C(O)CN2CCc3c([nH]c4ccccc34)C(C(=O)OC)(c3ccc4c(c3)C3C5C=CCN3CCC(N4C)C(O)(C(=O)OC)C5O)C1C2. The first-order valence-corrected chi connectivity index (χ1v) is 18.0. The number of carbonyl (C=O) groups is 2. The van der Waals surface area contributed by atoms with Crippen LogP contribution in [0.25, 0.3) is 10.9 Å². The third kappa shape index (κ3) is 4.46. The van der Waals surface area contributed by atoms with E-state index in [9.17, 15) is 24.9 Å². The van der Waals surface area contributed by atoms with Crippen LogP contribution in [0.5, 0.6) is 0 Å². The smallest absolute Gasteiger partial charge is 0.342 e. The number of ether oxygens (including phenoxy) is 2. The Labute approximate surface area is 292 Å². The zero-order valence-corrected chi connectivity index (χ0v) is 29.2. The number of likely N-dealkylation sites (N-methyl/N-ethyl adjacent to an activating group) is 1. The number of piperidine rings is 1. The summed E-state index contributed by atoms with van der Waals surface area (Å²) in [6, 6.07) is 13.1. The number of methoxy groups -OCH3 is 2. The first kappa shape index (κ1) is 33.4. The fourth-order valence-electron chi connectivity index (χ4n) is 10.7. The van der Waals surface area contributed by atoms with E-state index in [1.54, 1.807) is 0 Å². The van der Waals surface area contributed by atoms with Gasteiger partial charge in [0.15, 0.2) is 0 Å². The molecule has 6 bridgehead atoms. The van der Waals surface area contributed by atoms with Gasteiger partial charge in [-0.3, -0.25) is 9.69 Å². The van der Waals surface area contributed by atoms with Crippen molar-refractivity contribution in [2.45, 2.75) is 61.5 Å². The topological polar surface area (TPSA) is 139 Å². The Bertz CT molecular complexity index is 1860. The summed E-state index contributed by atoms with van der Waals surface area (Å²) in [4.78, 5) is 38.6. The van der Waals surface area contributed by atoms with Gasteiger partial charge in [-0.05, 0) is 47.6 Å². The minimum absolute atomic E-state index is 0.186. The Balaban J connectivity index is 1.43. The largest absolute Gasteiger partial charge is 0.468 e. The monoisotopic (exact) mass is 684 g/mol. The molecule has 0 spiro atoms. The number of benzene rings is 2. The van der Waals surface area contributed by atoms with Crippen molar-refractivity contribution in [1.82, 2.24) is 14.8 Å². The fraction of sp³-hybridized carbons (Fsp3) is 0.538. The number of anilines is 1. The van der Waals surface area contributed by atoms with Crippen molar-refractivity contribution in [3.8, 4) is 0 Å². The second-order valence-electron chi connectivity index (χ2n) is 15.0. The standard InChI is InChI=1S/C39H48N4O7/c1-5-23-28-20-42(21-31(23)44)17-14-25-24-9-6-7-11-29(24)40-34(25)38(28,36(46)49-3)22-12-13-30-27(19-22)33-26-10-8-16-43(33)18-15-32(41(30)2)39(48,35(26)45)37(47)50-4/h6-13,19,23,26,28,31-33,35,40,44-45,48H,5,14-18,20-21H2,1-4H3. The molecule has 6 aliphatic rings. The Hall–Kier alpha value is -3.74. The van der Waals surface area contributed by atoms with Crippen molar-refractivity contribution >= 4 is 28.5 Å². The van der Waals surface area contributed by atoms with Crippen LogP contribution >= 0.6 is 0 Å². The van der Waals surface area contributed by atoms with Gasteiger partial charge in [0.1, 0.15) is 11.5 Å². The molecular weight excluding hydrogens is 636 g/mol. The lowest BCUT2D eigenvalue weighted by atomic mass is 9.58. The van der Waals surface area contributed by atoms with Crippen molar-refractivity contribution in [2.75, 3.05) is 58.9 Å². The number of esters is 2. The average Bonchev–Trinajstić information content (AvgIpc) is 3.49. The van der Waals surface area contributed by atoms with Gasteiger partial charge in [0.25, 0.3) is 0 Å². The van der Waals surface area contributed by atoms with E-state index in [0.29, 0.717) is 45.4 Å². The van der Waals surface area contributed by atoms with Gasteiger partial charge in [0, 0.05) is 79.9 Å². The van der Waals surface area contributed by atoms with Gasteiger partial charge >= 0.3 is 11.9 Å². The molecule has 4 N–H and O–H groups in total. The molecule has 2 aromatic carbocycles. The summed E-state index contributed by atoms with van der Waals surface area (Å²) in [5, 5.41) is 36.9. The highest BCUT2D eigenvalue weighted by Gasteiger charge is 2.61. The van der Waals surface area contributed by atoms with Crippen LogP contribution in [0.1, 0.15) is 48.2 Å². The molecule has 0 saturated carbocycles. The molecule has 50 heavy (non-hydrogen) atoms. The lowest BCUT2D eigenvalue weighted by Gasteiger charge is -2.55.